The zero-order valence-corrected chi connectivity index (χ0v) is 11.0. The Hall–Kier alpha value is -0.120. The first-order valence-electron chi connectivity index (χ1n) is 6.80. The molecule has 0 saturated carbocycles. The molecule has 0 bridgehead atoms. The molecule has 0 spiro atoms. The summed E-state index contributed by atoms with van der Waals surface area (Å²) in [6, 6.07) is 0. The highest BCUT2D eigenvalue weighted by Gasteiger charge is 2.15. The molecule has 3 nitrogen and oxygen atoms in total. The van der Waals surface area contributed by atoms with Gasteiger partial charge in [0.2, 0.25) is 0 Å². The number of hydrogen-bond donors (Lipinski definition) is 1. The SMILES string of the molecule is CCN(CCCC1CCCO1)CC(C)CN. The maximum absolute atomic E-state index is 5.66. The van der Waals surface area contributed by atoms with Crippen LogP contribution in [0.15, 0.2) is 0 Å². The Morgan fingerprint density at radius 2 is 2.31 bits per heavy atom. The fourth-order valence-corrected chi connectivity index (χ4v) is 2.31. The summed E-state index contributed by atoms with van der Waals surface area (Å²) < 4.78 is 5.63. The minimum atomic E-state index is 0.547. The van der Waals surface area contributed by atoms with Crippen LogP contribution in [0.1, 0.15) is 39.5 Å². The van der Waals surface area contributed by atoms with Crippen LogP contribution in [0.5, 0.6) is 0 Å². The van der Waals surface area contributed by atoms with Gasteiger partial charge in [-0.2, -0.15) is 0 Å². The van der Waals surface area contributed by atoms with Gasteiger partial charge in [-0.1, -0.05) is 13.8 Å². The quantitative estimate of drug-likeness (QED) is 0.689. The lowest BCUT2D eigenvalue weighted by molar-refractivity contribution is 0.0983. The molecule has 2 N–H and O–H groups in total. The fraction of sp³-hybridized carbons (Fsp3) is 1.00. The average Bonchev–Trinajstić information content (AvgIpc) is 2.80. The third-order valence-electron chi connectivity index (χ3n) is 3.44. The smallest absolute Gasteiger partial charge is 0.0576 e. The van der Waals surface area contributed by atoms with Gasteiger partial charge in [0.05, 0.1) is 6.10 Å². The molecule has 1 fully saturated rings. The van der Waals surface area contributed by atoms with E-state index in [1.54, 1.807) is 0 Å². The number of rotatable bonds is 8. The Balaban J connectivity index is 2.08. The summed E-state index contributed by atoms with van der Waals surface area (Å²) in [6.07, 6.45) is 5.56. The van der Waals surface area contributed by atoms with Crippen LogP contribution in [0.25, 0.3) is 0 Å². The van der Waals surface area contributed by atoms with Crippen molar-refractivity contribution in [3.05, 3.63) is 0 Å². The van der Waals surface area contributed by atoms with Gasteiger partial charge in [0, 0.05) is 13.2 Å². The van der Waals surface area contributed by atoms with Gasteiger partial charge in [0.1, 0.15) is 0 Å². The highest BCUT2D eigenvalue weighted by atomic mass is 16.5. The average molecular weight is 228 g/mol. The van der Waals surface area contributed by atoms with Gasteiger partial charge < -0.3 is 15.4 Å². The highest BCUT2D eigenvalue weighted by molar-refractivity contribution is 4.67. The van der Waals surface area contributed by atoms with E-state index < -0.39 is 0 Å². The van der Waals surface area contributed by atoms with Crippen molar-refractivity contribution in [2.45, 2.75) is 45.6 Å². The van der Waals surface area contributed by atoms with Crippen LogP contribution in [0.3, 0.4) is 0 Å². The van der Waals surface area contributed by atoms with Gasteiger partial charge in [0.15, 0.2) is 0 Å². The molecule has 1 aliphatic rings. The van der Waals surface area contributed by atoms with E-state index in [1.807, 2.05) is 0 Å². The van der Waals surface area contributed by atoms with Crippen molar-refractivity contribution in [1.29, 1.82) is 0 Å². The zero-order valence-electron chi connectivity index (χ0n) is 11.0. The predicted molar refractivity (Wildman–Crippen MR) is 68.5 cm³/mol. The Labute approximate surface area is 100 Å². The Morgan fingerprint density at radius 3 is 2.88 bits per heavy atom. The van der Waals surface area contributed by atoms with Gasteiger partial charge in [0.25, 0.3) is 0 Å². The van der Waals surface area contributed by atoms with Crippen molar-refractivity contribution in [2.24, 2.45) is 11.7 Å². The minimum absolute atomic E-state index is 0.547. The number of hydrogen-bond acceptors (Lipinski definition) is 3. The number of ether oxygens (including phenoxy) is 1. The second-order valence-electron chi connectivity index (χ2n) is 5.01. The lowest BCUT2D eigenvalue weighted by atomic mass is 10.1. The summed E-state index contributed by atoms with van der Waals surface area (Å²) in [7, 11) is 0. The molecule has 1 aliphatic heterocycles. The third kappa shape index (κ3) is 5.28. The molecule has 0 aromatic carbocycles. The zero-order chi connectivity index (χ0) is 11.8. The van der Waals surface area contributed by atoms with Crippen LogP contribution in [-0.4, -0.2) is 43.8 Å². The summed E-state index contributed by atoms with van der Waals surface area (Å²) in [5.41, 5.74) is 5.66. The first-order valence-corrected chi connectivity index (χ1v) is 6.80. The van der Waals surface area contributed by atoms with Crippen molar-refractivity contribution < 1.29 is 4.74 Å². The largest absolute Gasteiger partial charge is 0.378 e. The van der Waals surface area contributed by atoms with Gasteiger partial charge in [-0.05, 0) is 51.2 Å². The molecule has 2 atom stereocenters. The van der Waals surface area contributed by atoms with E-state index in [-0.39, 0.29) is 0 Å². The molecule has 1 heterocycles. The molecule has 2 unspecified atom stereocenters. The van der Waals surface area contributed by atoms with Crippen molar-refractivity contribution in [3.63, 3.8) is 0 Å². The topological polar surface area (TPSA) is 38.5 Å². The lowest BCUT2D eigenvalue weighted by Gasteiger charge is -2.24. The molecule has 3 heteroatoms. The molecular formula is C13H28N2O. The first-order chi connectivity index (χ1) is 7.76. The highest BCUT2D eigenvalue weighted by Crippen LogP contribution is 2.17. The van der Waals surface area contributed by atoms with Crippen LogP contribution in [0, 0.1) is 5.92 Å². The maximum Gasteiger partial charge on any atom is 0.0576 e. The molecule has 96 valence electrons. The van der Waals surface area contributed by atoms with Crippen molar-refractivity contribution in [1.82, 2.24) is 4.90 Å². The van der Waals surface area contributed by atoms with E-state index in [2.05, 4.69) is 18.7 Å². The van der Waals surface area contributed by atoms with Crippen LogP contribution in [0.4, 0.5) is 0 Å². The molecule has 1 rings (SSSR count). The van der Waals surface area contributed by atoms with Gasteiger partial charge >= 0.3 is 0 Å². The summed E-state index contributed by atoms with van der Waals surface area (Å²) >= 11 is 0. The monoisotopic (exact) mass is 228 g/mol. The predicted octanol–water partition coefficient (Wildman–Crippen LogP) is 1.86. The van der Waals surface area contributed by atoms with Gasteiger partial charge in [-0.15, -0.1) is 0 Å². The van der Waals surface area contributed by atoms with Crippen LogP contribution >= 0.6 is 0 Å². The van der Waals surface area contributed by atoms with Crippen molar-refractivity contribution in [3.8, 4) is 0 Å². The molecule has 0 aromatic rings. The molecule has 0 amide bonds. The lowest BCUT2D eigenvalue weighted by Crippen LogP contribution is -2.32. The van der Waals surface area contributed by atoms with Crippen molar-refractivity contribution in [2.75, 3.05) is 32.8 Å². The van der Waals surface area contributed by atoms with E-state index in [4.69, 9.17) is 10.5 Å². The number of nitrogens with two attached hydrogens (primary N) is 1. The summed E-state index contributed by atoms with van der Waals surface area (Å²) in [5, 5.41) is 0. The van der Waals surface area contributed by atoms with Crippen LogP contribution in [0.2, 0.25) is 0 Å². The number of nitrogens with zero attached hydrogens (tertiary/aromatic N) is 1. The Morgan fingerprint density at radius 1 is 1.50 bits per heavy atom. The van der Waals surface area contributed by atoms with E-state index in [9.17, 15) is 0 Å². The Bertz CT molecular complexity index is 169. The molecule has 1 saturated heterocycles. The molecule has 0 radical (unpaired) electrons. The fourth-order valence-electron chi connectivity index (χ4n) is 2.31. The van der Waals surface area contributed by atoms with E-state index in [0.29, 0.717) is 12.0 Å². The van der Waals surface area contributed by atoms with E-state index in [0.717, 1.165) is 26.2 Å². The normalized spacial score (nSPS) is 22.9. The Kier molecular flexibility index (Phi) is 7.01. The molecular weight excluding hydrogens is 200 g/mol. The van der Waals surface area contributed by atoms with E-state index >= 15 is 0 Å². The first kappa shape index (κ1) is 13.9. The molecule has 0 aliphatic carbocycles. The second-order valence-corrected chi connectivity index (χ2v) is 5.01. The van der Waals surface area contributed by atoms with Gasteiger partial charge in [-0.3, -0.25) is 0 Å². The third-order valence-corrected chi connectivity index (χ3v) is 3.44. The summed E-state index contributed by atoms with van der Waals surface area (Å²) in [6.45, 7) is 9.70. The maximum atomic E-state index is 5.66. The summed E-state index contributed by atoms with van der Waals surface area (Å²) in [4.78, 5) is 2.51. The second kappa shape index (κ2) is 8.04. The van der Waals surface area contributed by atoms with Gasteiger partial charge in [-0.25, -0.2) is 0 Å². The standard InChI is InChI=1S/C13H28N2O/c1-3-15(11-12(2)10-14)8-4-6-13-7-5-9-16-13/h12-13H,3-11,14H2,1-2H3. The molecule has 0 aromatic heterocycles. The minimum Gasteiger partial charge on any atom is -0.378 e. The van der Waals surface area contributed by atoms with Crippen LogP contribution in [-0.2, 0) is 4.74 Å². The molecule has 16 heavy (non-hydrogen) atoms. The van der Waals surface area contributed by atoms with E-state index in [1.165, 1.54) is 32.2 Å². The van der Waals surface area contributed by atoms with Crippen LogP contribution < -0.4 is 5.73 Å². The van der Waals surface area contributed by atoms with Crippen molar-refractivity contribution >= 4 is 0 Å². The summed E-state index contributed by atoms with van der Waals surface area (Å²) in [5.74, 6) is 0.614.